The minimum absolute atomic E-state index is 0.0468. The third-order valence-electron chi connectivity index (χ3n) is 4.97. The standard InChI is InChI=1S/C21H26N4O2/c1-3-16-5-7-18(8-6-16)23-20(26)19-15-17(9-10-22-19)21(27)25-13-11-24(4-2)12-14-25/h5-10,15H,3-4,11-14H2,1-2H3,(H,23,26). The number of nitrogens with zero attached hydrogens (tertiary/aromatic N) is 3. The Morgan fingerprint density at radius 3 is 2.37 bits per heavy atom. The van der Waals surface area contributed by atoms with E-state index in [0.717, 1.165) is 26.1 Å². The third-order valence-corrected chi connectivity index (χ3v) is 4.97. The Labute approximate surface area is 160 Å². The largest absolute Gasteiger partial charge is 0.336 e. The number of benzene rings is 1. The molecule has 1 aliphatic rings. The summed E-state index contributed by atoms with van der Waals surface area (Å²) in [4.78, 5) is 33.5. The Hall–Kier alpha value is -2.73. The number of aryl methyl sites for hydroxylation is 1. The number of rotatable bonds is 5. The molecule has 6 nitrogen and oxygen atoms in total. The zero-order valence-electron chi connectivity index (χ0n) is 15.9. The van der Waals surface area contributed by atoms with Gasteiger partial charge in [0, 0.05) is 43.6 Å². The monoisotopic (exact) mass is 366 g/mol. The molecule has 27 heavy (non-hydrogen) atoms. The predicted molar refractivity (Wildman–Crippen MR) is 106 cm³/mol. The summed E-state index contributed by atoms with van der Waals surface area (Å²) in [5.41, 5.74) is 2.67. The molecule has 0 aliphatic carbocycles. The lowest BCUT2D eigenvalue weighted by Crippen LogP contribution is -2.48. The SMILES string of the molecule is CCc1ccc(NC(=O)c2cc(C(=O)N3CCN(CC)CC3)ccn2)cc1. The van der Waals surface area contributed by atoms with Gasteiger partial charge in [0.05, 0.1) is 0 Å². The summed E-state index contributed by atoms with van der Waals surface area (Å²) in [5, 5.41) is 2.84. The van der Waals surface area contributed by atoms with Crippen LogP contribution in [0, 0.1) is 0 Å². The number of piperazine rings is 1. The van der Waals surface area contributed by atoms with Gasteiger partial charge < -0.3 is 15.1 Å². The molecule has 1 aromatic carbocycles. The predicted octanol–water partition coefficient (Wildman–Crippen LogP) is 2.67. The van der Waals surface area contributed by atoms with E-state index >= 15 is 0 Å². The van der Waals surface area contributed by atoms with Gasteiger partial charge in [-0.05, 0) is 42.8 Å². The maximum absolute atomic E-state index is 12.7. The highest BCUT2D eigenvalue weighted by molar-refractivity contribution is 6.04. The lowest BCUT2D eigenvalue weighted by atomic mass is 10.1. The first-order valence-electron chi connectivity index (χ1n) is 9.48. The van der Waals surface area contributed by atoms with Crippen LogP contribution in [0.25, 0.3) is 0 Å². The average Bonchev–Trinajstić information content (AvgIpc) is 2.74. The normalized spacial score (nSPS) is 14.8. The van der Waals surface area contributed by atoms with Crippen LogP contribution in [-0.4, -0.2) is 59.3 Å². The second-order valence-corrected chi connectivity index (χ2v) is 6.66. The first kappa shape index (κ1) is 19.0. The van der Waals surface area contributed by atoms with Crippen molar-refractivity contribution in [1.29, 1.82) is 0 Å². The van der Waals surface area contributed by atoms with Gasteiger partial charge in [-0.1, -0.05) is 26.0 Å². The molecule has 2 amide bonds. The number of aromatic nitrogens is 1. The molecule has 0 spiro atoms. The number of nitrogens with one attached hydrogen (secondary N) is 1. The van der Waals surface area contributed by atoms with E-state index in [1.165, 1.54) is 11.8 Å². The number of hydrogen-bond donors (Lipinski definition) is 1. The summed E-state index contributed by atoms with van der Waals surface area (Å²) in [6.07, 6.45) is 2.47. The van der Waals surface area contributed by atoms with Crippen LogP contribution in [0.4, 0.5) is 5.69 Å². The quantitative estimate of drug-likeness (QED) is 0.884. The smallest absolute Gasteiger partial charge is 0.274 e. The molecule has 6 heteroatoms. The van der Waals surface area contributed by atoms with E-state index in [1.807, 2.05) is 29.2 Å². The number of likely N-dealkylation sites (N-methyl/N-ethyl adjacent to an activating group) is 1. The summed E-state index contributed by atoms with van der Waals surface area (Å²) >= 11 is 0. The molecule has 1 saturated heterocycles. The molecule has 1 N–H and O–H groups in total. The van der Waals surface area contributed by atoms with Crippen LogP contribution in [0.2, 0.25) is 0 Å². The number of amides is 2. The van der Waals surface area contributed by atoms with E-state index in [2.05, 4.69) is 29.0 Å². The van der Waals surface area contributed by atoms with E-state index in [0.29, 0.717) is 24.3 Å². The van der Waals surface area contributed by atoms with Crippen LogP contribution >= 0.6 is 0 Å². The van der Waals surface area contributed by atoms with Gasteiger partial charge >= 0.3 is 0 Å². The topological polar surface area (TPSA) is 65.5 Å². The summed E-state index contributed by atoms with van der Waals surface area (Å²) in [6, 6.07) is 11.0. The molecule has 142 valence electrons. The van der Waals surface area contributed by atoms with Crippen molar-refractivity contribution in [3.8, 4) is 0 Å². The molecule has 1 aromatic heterocycles. The zero-order valence-corrected chi connectivity index (χ0v) is 15.9. The van der Waals surface area contributed by atoms with Crippen molar-refractivity contribution in [2.45, 2.75) is 20.3 Å². The number of hydrogen-bond acceptors (Lipinski definition) is 4. The Morgan fingerprint density at radius 2 is 1.74 bits per heavy atom. The molecular weight excluding hydrogens is 340 g/mol. The summed E-state index contributed by atoms with van der Waals surface area (Å²) < 4.78 is 0. The fourth-order valence-corrected chi connectivity index (χ4v) is 3.16. The van der Waals surface area contributed by atoms with Gasteiger partial charge in [-0.2, -0.15) is 0 Å². The number of anilines is 1. The highest BCUT2D eigenvalue weighted by atomic mass is 16.2. The Kier molecular flexibility index (Phi) is 6.19. The average molecular weight is 366 g/mol. The Morgan fingerprint density at radius 1 is 1.04 bits per heavy atom. The van der Waals surface area contributed by atoms with Crippen LogP contribution in [0.5, 0.6) is 0 Å². The molecule has 0 unspecified atom stereocenters. The van der Waals surface area contributed by atoms with E-state index in [-0.39, 0.29) is 17.5 Å². The van der Waals surface area contributed by atoms with Crippen LogP contribution < -0.4 is 5.32 Å². The van der Waals surface area contributed by atoms with Gasteiger partial charge in [-0.25, -0.2) is 0 Å². The van der Waals surface area contributed by atoms with Crippen LogP contribution in [0.15, 0.2) is 42.6 Å². The first-order valence-corrected chi connectivity index (χ1v) is 9.48. The van der Waals surface area contributed by atoms with Gasteiger partial charge in [0.15, 0.2) is 0 Å². The third kappa shape index (κ3) is 4.71. The molecule has 0 saturated carbocycles. The van der Waals surface area contributed by atoms with Gasteiger partial charge in [-0.3, -0.25) is 14.6 Å². The fraction of sp³-hybridized carbons (Fsp3) is 0.381. The lowest BCUT2D eigenvalue weighted by molar-refractivity contribution is 0.0643. The van der Waals surface area contributed by atoms with Gasteiger partial charge in [0.25, 0.3) is 11.8 Å². The lowest BCUT2D eigenvalue weighted by Gasteiger charge is -2.34. The van der Waals surface area contributed by atoms with E-state index in [4.69, 9.17) is 0 Å². The van der Waals surface area contributed by atoms with Crippen LogP contribution in [0.3, 0.4) is 0 Å². The van der Waals surface area contributed by atoms with E-state index in [1.54, 1.807) is 12.1 Å². The Bertz CT molecular complexity index is 796. The summed E-state index contributed by atoms with van der Waals surface area (Å²) in [5.74, 6) is -0.362. The maximum Gasteiger partial charge on any atom is 0.274 e. The second kappa shape index (κ2) is 8.77. The molecule has 0 radical (unpaired) electrons. The fourth-order valence-electron chi connectivity index (χ4n) is 3.16. The maximum atomic E-state index is 12.7. The van der Waals surface area contributed by atoms with E-state index in [9.17, 15) is 9.59 Å². The minimum atomic E-state index is -0.315. The molecule has 3 rings (SSSR count). The minimum Gasteiger partial charge on any atom is -0.336 e. The van der Waals surface area contributed by atoms with Crippen molar-refractivity contribution in [3.05, 3.63) is 59.4 Å². The van der Waals surface area contributed by atoms with Gasteiger partial charge in [0.1, 0.15) is 5.69 Å². The number of carbonyl (C=O) groups excluding carboxylic acids is 2. The van der Waals surface area contributed by atoms with Crippen molar-refractivity contribution in [2.24, 2.45) is 0 Å². The van der Waals surface area contributed by atoms with E-state index < -0.39 is 0 Å². The molecule has 1 fully saturated rings. The molecule has 2 heterocycles. The van der Waals surface area contributed by atoms with Crippen LogP contribution in [-0.2, 0) is 6.42 Å². The highest BCUT2D eigenvalue weighted by Gasteiger charge is 2.22. The highest BCUT2D eigenvalue weighted by Crippen LogP contribution is 2.13. The van der Waals surface area contributed by atoms with Crippen molar-refractivity contribution in [3.63, 3.8) is 0 Å². The summed E-state index contributed by atoms with van der Waals surface area (Å²) in [6.45, 7) is 8.40. The molecular formula is C21H26N4O2. The number of pyridine rings is 1. The Balaban J connectivity index is 1.67. The van der Waals surface area contributed by atoms with Crippen molar-refractivity contribution in [1.82, 2.24) is 14.8 Å². The first-order chi connectivity index (χ1) is 13.1. The summed E-state index contributed by atoms with van der Waals surface area (Å²) in [7, 11) is 0. The van der Waals surface area contributed by atoms with Crippen molar-refractivity contribution >= 4 is 17.5 Å². The van der Waals surface area contributed by atoms with Crippen LogP contribution in [0.1, 0.15) is 40.3 Å². The second-order valence-electron chi connectivity index (χ2n) is 6.66. The van der Waals surface area contributed by atoms with Gasteiger partial charge in [-0.15, -0.1) is 0 Å². The van der Waals surface area contributed by atoms with Gasteiger partial charge in [0.2, 0.25) is 0 Å². The molecule has 0 atom stereocenters. The zero-order chi connectivity index (χ0) is 19.2. The van der Waals surface area contributed by atoms with Crippen molar-refractivity contribution < 1.29 is 9.59 Å². The molecule has 0 bridgehead atoms. The number of carbonyl (C=O) groups is 2. The molecule has 2 aromatic rings. The molecule has 1 aliphatic heterocycles. The van der Waals surface area contributed by atoms with Crippen molar-refractivity contribution in [2.75, 3.05) is 38.0 Å².